The molecule has 1 aromatic heterocycles. The van der Waals surface area contributed by atoms with E-state index in [1.807, 2.05) is 20.9 Å². The van der Waals surface area contributed by atoms with E-state index in [2.05, 4.69) is 5.10 Å². The van der Waals surface area contributed by atoms with Crippen LogP contribution in [0.15, 0.2) is 24.3 Å². The largest absolute Gasteiger partial charge is 0.336 e. The quantitative estimate of drug-likeness (QED) is 0.794. The molecule has 0 bridgehead atoms. The Morgan fingerprint density at radius 3 is 2.20 bits per heavy atom. The number of hydroxylamine groups is 2. The Labute approximate surface area is 145 Å². The topological polar surface area (TPSA) is 81.5 Å². The van der Waals surface area contributed by atoms with Gasteiger partial charge in [-0.3, -0.25) is 14.3 Å². The van der Waals surface area contributed by atoms with E-state index in [1.54, 1.807) is 23.7 Å². The summed E-state index contributed by atoms with van der Waals surface area (Å²) in [6.07, 6.45) is 0.424. The molecule has 0 N–H and O–H groups in total. The van der Waals surface area contributed by atoms with Gasteiger partial charge in [-0.05, 0) is 38.0 Å². The minimum atomic E-state index is -0.628. The van der Waals surface area contributed by atoms with Crippen molar-refractivity contribution in [3.8, 4) is 0 Å². The fraction of sp³-hybridized carbons (Fsp3) is 0.333. The highest BCUT2D eigenvalue weighted by molar-refractivity contribution is 6.20. The molecule has 1 unspecified atom stereocenters. The monoisotopic (exact) mass is 341 g/mol. The van der Waals surface area contributed by atoms with Crippen molar-refractivity contribution in [2.24, 2.45) is 13.0 Å². The molecule has 2 amide bonds. The lowest BCUT2D eigenvalue weighted by molar-refractivity contribution is -0.173. The number of carbonyl (C=O) groups is 3. The molecule has 2 aromatic rings. The number of nitrogens with zero attached hydrogens (tertiary/aromatic N) is 3. The number of fused-ring (bicyclic) bond motifs is 1. The van der Waals surface area contributed by atoms with Gasteiger partial charge in [0, 0.05) is 12.7 Å². The highest BCUT2D eigenvalue weighted by atomic mass is 16.7. The molecule has 1 aromatic carbocycles. The molecule has 1 aliphatic rings. The van der Waals surface area contributed by atoms with E-state index >= 15 is 0 Å². The first-order chi connectivity index (χ1) is 11.8. The zero-order valence-electron chi connectivity index (χ0n) is 14.6. The minimum Gasteiger partial charge on any atom is -0.329 e. The van der Waals surface area contributed by atoms with Crippen molar-refractivity contribution in [3.05, 3.63) is 52.3 Å². The van der Waals surface area contributed by atoms with E-state index in [-0.39, 0.29) is 11.1 Å². The van der Waals surface area contributed by atoms with Gasteiger partial charge >= 0.3 is 5.97 Å². The highest BCUT2D eigenvalue weighted by Crippen LogP contribution is 2.24. The number of benzene rings is 1. The Morgan fingerprint density at radius 2 is 1.72 bits per heavy atom. The maximum atomic E-state index is 12.4. The number of rotatable bonds is 4. The van der Waals surface area contributed by atoms with Crippen LogP contribution in [0.4, 0.5) is 0 Å². The van der Waals surface area contributed by atoms with E-state index in [4.69, 9.17) is 4.84 Å². The van der Waals surface area contributed by atoms with Crippen LogP contribution in [0.1, 0.15) is 44.6 Å². The van der Waals surface area contributed by atoms with Gasteiger partial charge in [0.25, 0.3) is 11.8 Å². The van der Waals surface area contributed by atoms with Gasteiger partial charge in [0.2, 0.25) is 0 Å². The van der Waals surface area contributed by atoms with Gasteiger partial charge < -0.3 is 4.84 Å². The Bertz CT molecular complexity index is 849. The Balaban J connectivity index is 1.72. The van der Waals surface area contributed by atoms with Crippen molar-refractivity contribution in [2.75, 3.05) is 0 Å². The van der Waals surface area contributed by atoms with Crippen LogP contribution in [-0.4, -0.2) is 32.6 Å². The Hall–Kier alpha value is -2.96. The summed E-state index contributed by atoms with van der Waals surface area (Å²) in [7, 11) is 1.84. The second kappa shape index (κ2) is 6.16. The van der Waals surface area contributed by atoms with Gasteiger partial charge in [0.05, 0.1) is 22.7 Å². The van der Waals surface area contributed by atoms with Crippen LogP contribution in [0.3, 0.4) is 0 Å². The molecule has 0 spiro atoms. The molecular formula is C18H19N3O4. The maximum Gasteiger partial charge on any atom is 0.336 e. The summed E-state index contributed by atoms with van der Waals surface area (Å²) >= 11 is 0. The number of imide groups is 1. The summed E-state index contributed by atoms with van der Waals surface area (Å²) in [5.74, 6) is -2.38. The molecule has 3 rings (SSSR count). The molecule has 7 heteroatoms. The first-order valence-electron chi connectivity index (χ1n) is 8.00. The van der Waals surface area contributed by atoms with Crippen molar-refractivity contribution >= 4 is 17.8 Å². The van der Waals surface area contributed by atoms with Crippen molar-refractivity contribution in [3.63, 3.8) is 0 Å². The Kier molecular flexibility index (Phi) is 4.16. The molecule has 130 valence electrons. The molecule has 2 heterocycles. The lowest BCUT2D eigenvalue weighted by atomic mass is 10.00. The summed E-state index contributed by atoms with van der Waals surface area (Å²) in [4.78, 5) is 42.0. The van der Waals surface area contributed by atoms with Crippen molar-refractivity contribution in [1.29, 1.82) is 0 Å². The third-order valence-electron chi connectivity index (χ3n) is 4.51. The molecule has 1 atom stereocenters. The Morgan fingerprint density at radius 1 is 1.16 bits per heavy atom. The summed E-state index contributed by atoms with van der Waals surface area (Å²) in [5, 5.41) is 4.87. The zero-order valence-corrected chi connectivity index (χ0v) is 14.6. The molecular weight excluding hydrogens is 322 g/mol. The van der Waals surface area contributed by atoms with Crippen molar-refractivity contribution < 1.29 is 19.2 Å². The van der Waals surface area contributed by atoms with E-state index in [1.165, 1.54) is 12.1 Å². The molecule has 0 saturated carbocycles. The van der Waals surface area contributed by atoms with Crippen LogP contribution in [0, 0.1) is 19.8 Å². The summed E-state index contributed by atoms with van der Waals surface area (Å²) < 4.78 is 1.76. The number of carbonyl (C=O) groups excluding carboxylic acids is 3. The van der Waals surface area contributed by atoms with Crippen LogP contribution in [0.25, 0.3) is 0 Å². The molecule has 0 aliphatic carbocycles. The predicted octanol–water partition coefficient (Wildman–Crippen LogP) is 1.97. The second-order valence-corrected chi connectivity index (χ2v) is 6.24. The first kappa shape index (κ1) is 16.9. The number of amides is 2. The zero-order chi connectivity index (χ0) is 18.3. The SMILES string of the molecule is Cc1nn(C)c(C)c1CC(C)C(=O)ON1C(=O)c2ccccc2C1=O. The highest BCUT2D eigenvalue weighted by Gasteiger charge is 2.39. The molecule has 1 aliphatic heterocycles. The predicted molar refractivity (Wildman–Crippen MR) is 88.6 cm³/mol. The van der Waals surface area contributed by atoms with E-state index < -0.39 is 23.7 Å². The average Bonchev–Trinajstić information content (AvgIpc) is 2.97. The van der Waals surface area contributed by atoms with Crippen LogP contribution >= 0.6 is 0 Å². The van der Waals surface area contributed by atoms with E-state index in [0.29, 0.717) is 11.5 Å². The molecule has 25 heavy (non-hydrogen) atoms. The summed E-state index contributed by atoms with van der Waals surface area (Å²) in [6, 6.07) is 6.39. The van der Waals surface area contributed by atoms with Gasteiger partial charge in [-0.25, -0.2) is 4.79 Å². The van der Waals surface area contributed by atoms with Gasteiger partial charge in [-0.2, -0.15) is 5.10 Å². The molecule has 0 fully saturated rings. The third kappa shape index (κ3) is 2.82. The molecule has 7 nitrogen and oxygen atoms in total. The lowest BCUT2D eigenvalue weighted by Gasteiger charge is -2.16. The van der Waals surface area contributed by atoms with Crippen LogP contribution < -0.4 is 0 Å². The van der Waals surface area contributed by atoms with Gasteiger partial charge in [0.15, 0.2) is 0 Å². The normalized spacial score (nSPS) is 14.6. The van der Waals surface area contributed by atoms with Crippen molar-refractivity contribution in [1.82, 2.24) is 14.8 Å². The third-order valence-corrected chi connectivity index (χ3v) is 4.51. The van der Waals surface area contributed by atoms with Gasteiger partial charge in [-0.1, -0.05) is 24.1 Å². The van der Waals surface area contributed by atoms with Crippen molar-refractivity contribution in [2.45, 2.75) is 27.2 Å². The van der Waals surface area contributed by atoms with Gasteiger partial charge in [-0.15, -0.1) is 0 Å². The number of aromatic nitrogens is 2. The standard InChI is InChI=1S/C18H19N3O4/c1-10(9-15-11(2)19-20(4)12(15)3)18(24)25-21-16(22)13-7-5-6-8-14(13)17(21)23/h5-8,10H,9H2,1-4H3. The lowest BCUT2D eigenvalue weighted by Crippen LogP contribution is -2.35. The first-order valence-corrected chi connectivity index (χ1v) is 8.00. The van der Waals surface area contributed by atoms with Crippen LogP contribution in [0.5, 0.6) is 0 Å². The summed E-state index contributed by atoms with van der Waals surface area (Å²) in [5.41, 5.74) is 3.27. The van der Waals surface area contributed by atoms with E-state index in [9.17, 15) is 14.4 Å². The van der Waals surface area contributed by atoms with Gasteiger partial charge in [0.1, 0.15) is 0 Å². The number of hydrogen-bond acceptors (Lipinski definition) is 5. The fourth-order valence-electron chi connectivity index (χ4n) is 2.93. The minimum absolute atomic E-state index is 0.243. The maximum absolute atomic E-state index is 12.4. The summed E-state index contributed by atoms with van der Waals surface area (Å²) in [6.45, 7) is 5.51. The fourth-order valence-corrected chi connectivity index (χ4v) is 2.93. The van der Waals surface area contributed by atoms with E-state index in [0.717, 1.165) is 17.0 Å². The number of hydrogen-bond donors (Lipinski definition) is 0. The smallest absolute Gasteiger partial charge is 0.329 e. The van der Waals surface area contributed by atoms with Crippen LogP contribution in [-0.2, 0) is 23.1 Å². The number of aryl methyl sites for hydroxylation is 2. The average molecular weight is 341 g/mol. The molecule has 0 radical (unpaired) electrons. The second-order valence-electron chi connectivity index (χ2n) is 6.24. The molecule has 0 saturated heterocycles. The van der Waals surface area contributed by atoms with Crippen LogP contribution in [0.2, 0.25) is 0 Å².